The standard InChI is InChI=1S/C28H32O6/c1-14(2)7-10-17-13-20-25(32)21-24(31)18(11-8-15(3)4)23(30)19(12-9-16(5)6)27(21)34-28(20)26(33)22(17)29/h7-9,13,29-31,33H,10-12H2,1-6H3. The molecule has 0 bridgehead atoms. The van der Waals surface area contributed by atoms with Crippen molar-refractivity contribution >= 4 is 21.9 Å². The minimum Gasteiger partial charge on any atom is -0.507 e. The molecular formula is C28H32O6. The van der Waals surface area contributed by atoms with Crippen LogP contribution in [-0.4, -0.2) is 20.4 Å². The van der Waals surface area contributed by atoms with Crippen molar-refractivity contribution in [3.8, 4) is 23.0 Å². The van der Waals surface area contributed by atoms with Gasteiger partial charge in [0.05, 0.1) is 5.39 Å². The highest BCUT2D eigenvalue weighted by Crippen LogP contribution is 2.43. The van der Waals surface area contributed by atoms with Crippen molar-refractivity contribution in [2.75, 3.05) is 0 Å². The Balaban J connectivity index is 2.48. The van der Waals surface area contributed by atoms with Crippen molar-refractivity contribution in [2.45, 2.75) is 60.8 Å². The van der Waals surface area contributed by atoms with Crippen LogP contribution in [0.3, 0.4) is 0 Å². The van der Waals surface area contributed by atoms with Crippen LogP contribution in [0.15, 0.2) is 50.2 Å². The fourth-order valence-electron chi connectivity index (χ4n) is 3.80. The van der Waals surface area contributed by atoms with Crippen LogP contribution in [0.2, 0.25) is 0 Å². The summed E-state index contributed by atoms with van der Waals surface area (Å²) in [6, 6.07) is 1.48. The molecule has 0 atom stereocenters. The van der Waals surface area contributed by atoms with E-state index in [4.69, 9.17) is 4.42 Å². The fourth-order valence-corrected chi connectivity index (χ4v) is 3.80. The zero-order valence-electron chi connectivity index (χ0n) is 20.5. The maximum atomic E-state index is 13.6. The largest absolute Gasteiger partial charge is 0.507 e. The molecule has 180 valence electrons. The molecule has 4 N–H and O–H groups in total. The number of hydrogen-bond donors (Lipinski definition) is 4. The van der Waals surface area contributed by atoms with E-state index < -0.39 is 11.2 Å². The van der Waals surface area contributed by atoms with Crippen molar-refractivity contribution in [3.63, 3.8) is 0 Å². The number of rotatable bonds is 6. The number of aromatic hydroxyl groups is 4. The predicted molar refractivity (Wildman–Crippen MR) is 136 cm³/mol. The highest BCUT2D eigenvalue weighted by molar-refractivity contribution is 5.99. The third-order valence-corrected chi connectivity index (χ3v) is 5.74. The Morgan fingerprint density at radius 2 is 1.24 bits per heavy atom. The summed E-state index contributed by atoms with van der Waals surface area (Å²) in [6.45, 7) is 11.5. The first kappa shape index (κ1) is 25.0. The topological polar surface area (TPSA) is 111 Å². The normalized spacial score (nSPS) is 11.0. The first-order chi connectivity index (χ1) is 15.9. The Bertz CT molecular complexity index is 1420. The third kappa shape index (κ3) is 4.67. The SMILES string of the molecule is CC(C)=CCc1cc2c(=O)c3c(O)c(CC=C(C)C)c(O)c(CC=C(C)C)c3oc2c(O)c1O. The van der Waals surface area contributed by atoms with Gasteiger partial charge in [0, 0.05) is 16.7 Å². The lowest BCUT2D eigenvalue weighted by Gasteiger charge is -2.15. The molecule has 2 aromatic carbocycles. The summed E-state index contributed by atoms with van der Waals surface area (Å²) in [5.41, 5.74) is 3.21. The summed E-state index contributed by atoms with van der Waals surface area (Å²) in [5.74, 6) is -1.42. The molecule has 0 radical (unpaired) electrons. The monoisotopic (exact) mass is 464 g/mol. The summed E-state index contributed by atoms with van der Waals surface area (Å²) in [5, 5.41) is 43.3. The zero-order chi connectivity index (χ0) is 25.3. The Morgan fingerprint density at radius 1 is 0.706 bits per heavy atom. The van der Waals surface area contributed by atoms with Crippen LogP contribution in [0, 0.1) is 0 Å². The molecule has 0 aliphatic rings. The Kier molecular flexibility index (Phi) is 7.10. The molecule has 0 aliphatic carbocycles. The number of phenolic OH excluding ortho intramolecular Hbond substituents is 4. The third-order valence-electron chi connectivity index (χ3n) is 5.74. The smallest absolute Gasteiger partial charge is 0.204 e. The van der Waals surface area contributed by atoms with Gasteiger partial charge in [-0.3, -0.25) is 4.79 Å². The molecule has 3 aromatic rings. The van der Waals surface area contributed by atoms with Gasteiger partial charge in [-0.15, -0.1) is 0 Å². The fraction of sp³-hybridized carbons (Fsp3) is 0.321. The summed E-state index contributed by atoms with van der Waals surface area (Å²) in [6.07, 6.45) is 6.41. The van der Waals surface area contributed by atoms with Gasteiger partial charge in [0.15, 0.2) is 11.3 Å². The molecular weight excluding hydrogens is 432 g/mol. The van der Waals surface area contributed by atoms with E-state index in [-0.39, 0.29) is 57.6 Å². The second kappa shape index (κ2) is 9.67. The van der Waals surface area contributed by atoms with E-state index in [9.17, 15) is 25.2 Å². The van der Waals surface area contributed by atoms with Crippen LogP contribution in [0.1, 0.15) is 58.2 Å². The van der Waals surface area contributed by atoms with Crippen molar-refractivity contribution < 1.29 is 24.8 Å². The van der Waals surface area contributed by atoms with Crippen molar-refractivity contribution in [1.29, 1.82) is 0 Å². The van der Waals surface area contributed by atoms with E-state index in [0.29, 0.717) is 17.5 Å². The molecule has 1 aromatic heterocycles. The zero-order valence-corrected chi connectivity index (χ0v) is 20.5. The molecule has 0 spiro atoms. The van der Waals surface area contributed by atoms with Gasteiger partial charge in [0.25, 0.3) is 0 Å². The molecule has 0 fully saturated rings. The number of phenols is 4. The van der Waals surface area contributed by atoms with Crippen LogP contribution in [-0.2, 0) is 19.3 Å². The second-order valence-electron chi connectivity index (χ2n) is 9.36. The van der Waals surface area contributed by atoms with Crippen LogP contribution < -0.4 is 5.43 Å². The minimum atomic E-state index is -0.547. The van der Waals surface area contributed by atoms with E-state index in [0.717, 1.165) is 16.7 Å². The van der Waals surface area contributed by atoms with E-state index in [2.05, 4.69) is 0 Å². The lowest BCUT2D eigenvalue weighted by molar-refractivity contribution is 0.397. The first-order valence-corrected chi connectivity index (χ1v) is 11.2. The minimum absolute atomic E-state index is 0.0160. The van der Waals surface area contributed by atoms with Crippen molar-refractivity contribution in [2.24, 2.45) is 0 Å². The second-order valence-corrected chi connectivity index (χ2v) is 9.36. The molecule has 34 heavy (non-hydrogen) atoms. The van der Waals surface area contributed by atoms with Crippen LogP contribution in [0.25, 0.3) is 21.9 Å². The van der Waals surface area contributed by atoms with Gasteiger partial charge in [0.1, 0.15) is 22.5 Å². The molecule has 1 heterocycles. The highest BCUT2D eigenvalue weighted by Gasteiger charge is 2.25. The lowest BCUT2D eigenvalue weighted by Crippen LogP contribution is -2.07. The molecule has 6 nitrogen and oxygen atoms in total. The quantitative estimate of drug-likeness (QED) is 0.194. The molecule has 0 saturated carbocycles. The molecule has 3 rings (SSSR count). The van der Waals surface area contributed by atoms with Gasteiger partial charge in [0.2, 0.25) is 11.2 Å². The van der Waals surface area contributed by atoms with Crippen molar-refractivity contribution in [3.05, 3.63) is 67.9 Å². The average Bonchev–Trinajstić information content (AvgIpc) is 2.74. The van der Waals surface area contributed by atoms with Gasteiger partial charge in [-0.25, -0.2) is 0 Å². The summed E-state index contributed by atoms with van der Waals surface area (Å²) in [7, 11) is 0. The number of benzene rings is 2. The molecule has 6 heteroatoms. The first-order valence-electron chi connectivity index (χ1n) is 11.2. The van der Waals surface area contributed by atoms with E-state index in [1.54, 1.807) is 0 Å². The summed E-state index contributed by atoms with van der Waals surface area (Å²) < 4.78 is 5.93. The Labute approximate surface area is 198 Å². The van der Waals surface area contributed by atoms with Gasteiger partial charge in [-0.1, -0.05) is 34.9 Å². The van der Waals surface area contributed by atoms with Crippen molar-refractivity contribution in [1.82, 2.24) is 0 Å². The Hall–Kier alpha value is -3.67. The Morgan fingerprint density at radius 3 is 1.79 bits per heavy atom. The summed E-state index contributed by atoms with van der Waals surface area (Å²) >= 11 is 0. The van der Waals surface area contributed by atoms with Gasteiger partial charge in [-0.2, -0.15) is 0 Å². The number of hydrogen-bond acceptors (Lipinski definition) is 6. The summed E-state index contributed by atoms with van der Waals surface area (Å²) in [4.78, 5) is 13.6. The highest BCUT2D eigenvalue weighted by atomic mass is 16.4. The maximum Gasteiger partial charge on any atom is 0.204 e. The lowest BCUT2D eigenvalue weighted by atomic mass is 9.95. The average molecular weight is 465 g/mol. The van der Waals surface area contributed by atoms with Gasteiger partial charge >= 0.3 is 0 Å². The number of allylic oxidation sites excluding steroid dienone is 6. The van der Waals surface area contributed by atoms with Gasteiger partial charge < -0.3 is 24.8 Å². The maximum absolute atomic E-state index is 13.6. The van der Waals surface area contributed by atoms with Crippen LogP contribution in [0.5, 0.6) is 23.0 Å². The molecule has 0 aliphatic heterocycles. The molecule has 0 unspecified atom stereocenters. The van der Waals surface area contributed by atoms with E-state index >= 15 is 0 Å². The number of fused-ring (bicyclic) bond motifs is 2. The van der Waals surface area contributed by atoms with E-state index in [1.807, 2.05) is 59.8 Å². The van der Waals surface area contributed by atoms with E-state index in [1.165, 1.54) is 6.07 Å². The van der Waals surface area contributed by atoms with Crippen LogP contribution in [0.4, 0.5) is 0 Å². The predicted octanol–water partition coefficient (Wildman–Crippen LogP) is 6.29. The molecule has 0 saturated heterocycles. The van der Waals surface area contributed by atoms with Gasteiger partial charge in [-0.05, 0) is 66.9 Å². The van der Waals surface area contributed by atoms with Crippen LogP contribution >= 0.6 is 0 Å². The molecule has 0 amide bonds.